The third kappa shape index (κ3) is 2.10. The highest BCUT2D eigenvalue weighted by atomic mass is 16.3. The van der Waals surface area contributed by atoms with E-state index in [-0.39, 0.29) is 18.6 Å². The van der Waals surface area contributed by atoms with Crippen LogP contribution < -0.4 is 5.73 Å². The van der Waals surface area contributed by atoms with Crippen LogP contribution in [0.2, 0.25) is 0 Å². The predicted octanol–water partition coefficient (Wildman–Crippen LogP) is 2.69. The van der Waals surface area contributed by atoms with E-state index in [1.807, 2.05) is 18.2 Å². The normalized spacial score (nSPS) is 18.7. The molecule has 0 radical (unpaired) electrons. The van der Waals surface area contributed by atoms with Crippen molar-refractivity contribution in [1.82, 2.24) is 9.55 Å². The lowest BCUT2D eigenvalue weighted by Crippen LogP contribution is -2.19. The van der Waals surface area contributed by atoms with Crippen LogP contribution in [0.15, 0.2) is 18.2 Å². The number of aliphatic hydroxyl groups excluding tert-OH is 1. The highest BCUT2D eigenvalue weighted by molar-refractivity contribution is 5.80. The predicted molar refractivity (Wildman–Crippen MR) is 77.1 cm³/mol. The summed E-state index contributed by atoms with van der Waals surface area (Å²) in [6, 6.07) is 6.15. The highest BCUT2D eigenvalue weighted by Crippen LogP contribution is 2.42. The lowest BCUT2D eigenvalue weighted by Gasteiger charge is -2.22. The van der Waals surface area contributed by atoms with Crippen LogP contribution in [0, 0.1) is 5.92 Å². The fourth-order valence-corrected chi connectivity index (χ4v) is 2.60. The van der Waals surface area contributed by atoms with Gasteiger partial charge in [-0.15, -0.1) is 0 Å². The molecule has 2 atom stereocenters. The first kappa shape index (κ1) is 12.5. The first-order valence-electron chi connectivity index (χ1n) is 7.00. The summed E-state index contributed by atoms with van der Waals surface area (Å²) in [6.45, 7) is 4.43. The van der Waals surface area contributed by atoms with E-state index < -0.39 is 0 Å². The number of aliphatic hydroxyl groups is 1. The van der Waals surface area contributed by atoms with Gasteiger partial charge in [-0.3, -0.25) is 0 Å². The number of fused-ring (bicyclic) bond motifs is 1. The number of nitrogen functional groups attached to an aromatic ring is 1. The fraction of sp³-hybridized carbons (Fsp3) is 0.533. The molecule has 0 bridgehead atoms. The van der Waals surface area contributed by atoms with E-state index in [4.69, 9.17) is 10.7 Å². The maximum atomic E-state index is 9.41. The molecule has 1 heterocycles. The maximum Gasteiger partial charge on any atom is 0.113 e. The van der Waals surface area contributed by atoms with E-state index in [1.54, 1.807) is 0 Å². The van der Waals surface area contributed by atoms with Crippen molar-refractivity contribution in [2.75, 3.05) is 12.3 Å². The summed E-state index contributed by atoms with van der Waals surface area (Å²) in [6.07, 6.45) is 2.44. The minimum Gasteiger partial charge on any atom is -0.399 e. The van der Waals surface area contributed by atoms with Crippen LogP contribution in [-0.4, -0.2) is 21.3 Å². The summed E-state index contributed by atoms with van der Waals surface area (Å²) in [5, 5.41) is 9.41. The molecule has 2 unspecified atom stereocenters. The van der Waals surface area contributed by atoms with Gasteiger partial charge < -0.3 is 15.4 Å². The number of hydrogen-bond acceptors (Lipinski definition) is 3. The molecule has 4 nitrogen and oxygen atoms in total. The van der Waals surface area contributed by atoms with Crippen LogP contribution in [-0.2, 0) is 0 Å². The van der Waals surface area contributed by atoms with Crippen molar-refractivity contribution in [3.63, 3.8) is 0 Å². The zero-order chi connectivity index (χ0) is 13.6. The number of imidazole rings is 1. The Morgan fingerprint density at radius 3 is 2.79 bits per heavy atom. The lowest BCUT2D eigenvalue weighted by molar-refractivity contribution is 0.197. The van der Waals surface area contributed by atoms with Crippen molar-refractivity contribution in [1.29, 1.82) is 0 Å². The molecule has 0 spiro atoms. The molecular weight excluding hydrogens is 238 g/mol. The molecule has 1 fully saturated rings. The van der Waals surface area contributed by atoms with E-state index in [9.17, 15) is 5.11 Å². The van der Waals surface area contributed by atoms with Gasteiger partial charge in [0.25, 0.3) is 0 Å². The maximum absolute atomic E-state index is 9.41. The van der Waals surface area contributed by atoms with Crippen molar-refractivity contribution >= 4 is 16.7 Å². The second kappa shape index (κ2) is 4.53. The average Bonchev–Trinajstić information content (AvgIpc) is 3.18. The minimum absolute atomic E-state index is 0.194. The number of nitrogens with two attached hydrogens (primary N) is 1. The van der Waals surface area contributed by atoms with Gasteiger partial charge in [0.15, 0.2) is 0 Å². The molecule has 19 heavy (non-hydrogen) atoms. The SMILES string of the molecule is CC(CO)C(C)n1c(C2CC2)nc2cc(N)ccc21. The molecule has 1 aromatic heterocycles. The molecule has 0 saturated heterocycles. The number of hydrogen-bond donors (Lipinski definition) is 2. The summed E-state index contributed by atoms with van der Waals surface area (Å²) in [4.78, 5) is 4.77. The number of rotatable bonds is 4. The zero-order valence-electron chi connectivity index (χ0n) is 11.5. The zero-order valence-corrected chi connectivity index (χ0v) is 11.5. The summed E-state index contributed by atoms with van der Waals surface area (Å²) in [7, 11) is 0. The van der Waals surface area contributed by atoms with Crippen molar-refractivity contribution in [2.45, 2.75) is 38.6 Å². The van der Waals surface area contributed by atoms with Crippen LogP contribution in [0.3, 0.4) is 0 Å². The molecule has 3 N–H and O–H groups in total. The Morgan fingerprint density at radius 2 is 2.16 bits per heavy atom. The number of nitrogens with zero attached hydrogens (tertiary/aromatic N) is 2. The van der Waals surface area contributed by atoms with Crippen LogP contribution >= 0.6 is 0 Å². The first-order chi connectivity index (χ1) is 9.11. The Bertz CT molecular complexity index is 601. The van der Waals surface area contributed by atoms with Gasteiger partial charge >= 0.3 is 0 Å². The molecule has 3 rings (SSSR count). The van der Waals surface area contributed by atoms with Crippen LogP contribution in [0.5, 0.6) is 0 Å². The van der Waals surface area contributed by atoms with Gasteiger partial charge in [-0.05, 0) is 43.9 Å². The second-order valence-electron chi connectivity index (χ2n) is 5.76. The van der Waals surface area contributed by atoms with Gasteiger partial charge in [-0.2, -0.15) is 0 Å². The third-order valence-corrected chi connectivity index (χ3v) is 4.20. The summed E-state index contributed by atoms with van der Waals surface area (Å²) >= 11 is 0. The number of anilines is 1. The van der Waals surface area contributed by atoms with E-state index in [0.29, 0.717) is 5.92 Å². The van der Waals surface area contributed by atoms with Gasteiger partial charge in [0.1, 0.15) is 5.82 Å². The molecule has 1 aliphatic carbocycles. The first-order valence-corrected chi connectivity index (χ1v) is 7.00. The Kier molecular flexibility index (Phi) is 2.97. The Labute approximate surface area is 113 Å². The van der Waals surface area contributed by atoms with E-state index in [2.05, 4.69) is 18.4 Å². The van der Waals surface area contributed by atoms with E-state index in [0.717, 1.165) is 22.5 Å². The topological polar surface area (TPSA) is 64.1 Å². The minimum atomic E-state index is 0.194. The summed E-state index contributed by atoms with van der Waals surface area (Å²) in [5.74, 6) is 1.96. The Balaban J connectivity index is 2.16. The Hall–Kier alpha value is -1.55. The lowest BCUT2D eigenvalue weighted by atomic mass is 10.0. The second-order valence-corrected chi connectivity index (χ2v) is 5.76. The largest absolute Gasteiger partial charge is 0.399 e. The molecule has 1 saturated carbocycles. The van der Waals surface area contributed by atoms with Gasteiger partial charge in [0.05, 0.1) is 11.0 Å². The molecular formula is C15H21N3O. The highest BCUT2D eigenvalue weighted by Gasteiger charge is 2.31. The average molecular weight is 259 g/mol. The van der Waals surface area contributed by atoms with Crippen molar-refractivity contribution < 1.29 is 5.11 Å². The van der Waals surface area contributed by atoms with Crippen molar-refractivity contribution in [3.05, 3.63) is 24.0 Å². The van der Waals surface area contributed by atoms with Gasteiger partial charge in [0.2, 0.25) is 0 Å². The summed E-state index contributed by atoms with van der Waals surface area (Å²) in [5.41, 5.74) is 8.70. The van der Waals surface area contributed by atoms with Crippen LogP contribution in [0.4, 0.5) is 5.69 Å². The van der Waals surface area contributed by atoms with Crippen LogP contribution in [0.25, 0.3) is 11.0 Å². The quantitative estimate of drug-likeness (QED) is 0.830. The van der Waals surface area contributed by atoms with Gasteiger partial charge in [-0.1, -0.05) is 6.92 Å². The standard InChI is InChI=1S/C15H21N3O/c1-9(8-19)10(2)18-14-6-5-12(16)7-13(14)17-15(18)11-3-4-11/h5-7,9-11,19H,3-4,8,16H2,1-2H3. The fourth-order valence-electron chi connectivity index (χ4n) is 2.60. The smallest absolute Gasteiger partial charge is 0.113 e. The van der Waals surface area contributed by atoms with E-state index >= 15 is 0 Å². The van der Waals surface area contributed by atoms with Crippen molar-refractivity contribution in [2.24, 2.45) is 5.92 Å². The summed E-state index contributed by atoms with van der Waals surface area (Å²) < 4.78 is 2.30. The van der Waals surface area contributed by atoms with E-state index in [1.165, 1.54) is 12.8 Å². The molecule has 0 amide bonds. The molecule has 0 aliphatic heterocycles. The third-order valence-electron chi connectivity index (χ3n) is 4.20. The molecule has 1 aliphatic rings. The van der Waals surface area contributed by atoms with Crippen LogP contribution in [0.1, 0.15) is 44.5 Å². The monoisotopic (exact) mass is 259 g/mol. The number of aromatic nitrogens is 2. The molecule has 102 valence electrons. The molecule has 1 aromatic carbocycles. The Morgan fingerprint density at radius 1 is 1.42 bits per heavy atom. The number of benzene rings is 1. The molecule has 2 aromatic rings. The van der Waals surface area contributed by atoms with Gasteiger partial charge in [0, 0.05) is 24.3 Å². The van der Waals surface area contributed by atoms with Crippen molar-refractivity contribution in [3.8, 4) is 0 Å². The van der Waals surface area contributed by atoms with Gasteiger partial charge in [-0.25, -0.2) is 4.98 Å². The molecule has 4 heteroatoms.